The van der Waals surface area contributed by atoms with E-state index in [9.17, 15) is 13.6 Å². The Kier molecular flexibility index (Phi) is 4.33. The Hall–Kier alpha value is -3.61. The summed E-state index contributed by atoms with van der Waals surface area (Å²) in [6.45, 7) is 0.136. The number of amides is 1. The van der Waals surface area contributed by atoms with Crippen molar-refractivity contribution in [3.05, 3.63) is 77.9 Å². The quantitative estimate of drug-likeness (QED) is 0.701. The highest BCUT2D eigenvalue weighted by atomic mass is 19.1. The van der Waals surface area contributed by atoms with Crippen LogP contribution in [0, 0.1) is 11.6 Å². The first-order valence-electron chi connectivity index (χ1n) is 8.12. The molecule has 0 radical (unpaired) electrons. The van der Waals surface area contributed by atoms with Gasteiger partial charge in [-0.25, -0.2) is 8.78 Å². The van der Waals surface area contributed by atoms with Crippen molar-refractivity contribution in [2.75, 3.05) is 17.4 Å². The summed E-state index contributed by atoms with van der Waals surface area (Å²) < 4.78 is 37.9. The molecule has 4 rings (SSSR count). The summed E-state index contributed by atoms with van der Waals surface area (Å²) in [5, 5.41) is 5.44. The molecule has 0 bridgehead atoms. The van der Waals surface area contributed by atoms with Crippen LogP contribution in [0.15, 0.2) is 60.7 Å². The van der Waals surface area contributed by atoms with E-state index in [-0.39, 0.29) is 18.4 Å². The van der Waals surface area contributed by atoms with Gasteiger partial charge in [-0.3, -0.25) is 4.79 Å². The van der Waals surface area contributed by atoms with E-state index in [2.05, 4.69) is 10.6 Å². The number of hydrogen-bond acceptors (Lipinski definition) is 4. The van der Waals surface area contributed by atoms with Crippen LogP contribution in [0.5, 0.6) is 11.5 Å². The van der Waals surface area contributed by atoms with Gasteiger partial charge in [0, 0.05) is 16.9 Å². The van der Waals surface area contributed by atoms with Crippen molar-refractivity contribution in [2.45, 2.75) is 0 Å². The van der Waals surface area contributed by atoms with Gasteiger partial charge in [-0.2, -0.15) is 0 Å². The van der Waals surface area contributed by atoms with E-state index in [1.165, 1.54) is 18.2 Å². The van der Waals surface area contributed by atoms with Crippen molar-refractivity contribution in [3.63, 3.8) is 0 Å². The van der Waals surface area contributed by atoms with Crippen LogP contribution in [0.2, 0.25) is 0 Å². The molecule has 2 N–H and O–H groups in total. The summed E-state index contributed by atoms with van der Waals surface area (Å²) in [7, 11) is 0. The fourth-order valence-corrected chi connectivity index (χ4v) is 2.64. The highest BCUT2D eigenvalue weighted by Crippen LogP contribution is 2.32. The second-order valence-corrected chi connectivity index (χ2v) is 5.82. The number of rotatable bonds is 4. The van der Waals surface area contributed by atoms with E-state index >= 15 is 0 Å². The first-order valence-corrected chi connectivity index (χ1v) is 8.12. The van der Waals surface area contributed by atoms with E-state index < -0.39 is 11.6 Å². The lowest BCUT2D eigenvalue weighted by Crippen LogP contribution is -2.11. The number of fused-ring (bicyclic) bond motifs is 1. The maximum absolute atomic E-state index is 13.7. The molecule has 3 aromatic rings. The average molecular weight is 368 g/mol. The second kappa shape index (κ2) is 6.95. The molecule has 1 aliphatic rings. The van der Waals surface area contributed by atoms with Crippen LogP contribution in [0.25, 0.3) is 0 Å². The van der Waals surface area contributed by atoms with Crippen LogP contribution in [0.1, 0.15) is 10.4 Å². The number of ether oxygens (including phenoxy) is 2. The average Bonchev–Trinajstić information content (AvgIpc) is 3.14. The van der Waals surface area contributed by atoms with Gasteiger partial charge in [-0.05, 0) is 54.6 Å². The van der Waals surface area contributed by atoms with Gasteiger partial charge in [0.15, 0.2) is 11.5 Å². The molecular formula is C20H14F2N2O3. The van der Waals surface area contributed by atoms with Crippen molar-refractivity contribution in [1.29, 1.82) is 0 Å². The van der Waals surface area contributed by atoms with E-state index in [4.69, 9.17) is 9.47 Å². The largest absolute Gasteiger partial charge is 0.454 e. The van der Waals surface area contributed by atoms with Gasteiger partial charge in [0.2, 0.25) is 6.79 Å². The molecule has 0 spiro atoms. The van der Waals surface area contributed by atoms with E-state index in [0.717, 1.165) is 0 Å². The smallest absolute Gasteiger partial charge is 0.255 e. The Morgan fingerprint density at radius 1 is 0.852 bits per heavy atom. The number of carbonyl (C=O) groups excluding carboxylic acids is 1. The Labute approximate surface area is 153 Å². The van der Waals surface area contributed by atoms with Crippen molar-refractivity contribution >= 4 is 23.0 Å². The maximum Gasteiger partial charge on any atom is 0.255 e. The Bertz CT molecular complexity index is 986. The van der Waals surface area contributed by atoms with Crippen LogP contribution in [0.3, 0.4) is 0 Å². The highest BCUT2D eigenvalue weighted by molar-refractivity contribution is 6.04. The monoisotopic (exact) mass is 368 g/mol. The first-order chi connectivity index (χ1) is 13.1. The third kappa shape index (κ3) is 3.52. The summed E-state index contributed by atoms with van der Waals surface area (Å²) in [6.07, 6.45) is 0. The van der Waals surface area contributed by atoms with Gasteiger partial charge >= 0.3 is 0 Å². The normalized spacial score (nSPS) is 11.9. The van der Waals surface area contributed by atoms with Crippen LogP contribution >= 0.6 is 0 Å². The van der Waals surface area contributed by atoms with E-state index in [1.54, 1.807) is 42.5 Å². The Morgan fingerprint density at radius 3 is 2.26 bits per heavy atom. The molecule has 0 aliphatic carbocycles. The SMILES string of the molecule is O=C(Nc1ccc(Nc2c(F)cccc2F)cc1)c1ccc2c(c1)OCO2. The number of halogens is 2. The van der Waals surface area contributed by atoms with Gasteiger partial charge in [-0.1, -0.05) is 6.07 Å². The predicted octanol–water partition coefficient (Wildman–Crippen LogP) is 4.69. The number of para-hydroxylation sites is 1. The molecule has 1 amide bonds. The molecule has 27 heavy (non-hydrogen) atoms. The lowest BCUT2D eigenvalue weighted by Gasteiger charge is -2.10. The van der Waals surface area contributed by atoms with Crippen LogP contribution in [-0.2, 0) is 0 Å². The van der Waals surface area contributed by atoms with Crippen LogP contribution in [0.4, 0.5) is 25.8 Å². The second-order valence-electron chi connectivity index (χ2n) is 5.82. The molecule has 136 valence electrons. The molecule has 0 saturated carbocycles. The topological polar surface area (TPSA) is 59.6 Å². The number of anilines is 3. The number of nitrogens with one attached hydrogen (secondary N) is 2. The summed E-state index contributed by atoms with van der Waals surface area (Å²) in [5.41, 5.74) is 1.22. The summed E-state index contributed by atoms with van der Waals surface area (Å²) in [6, 6.07) is 15.0. The zero-order valence-corrected chi connectivity index (χ0v) is 14.0. The maximum atomic E-state index is 13.7. The van der Waals surface area contributed by atoms with Gasteiger partial charge in [0.25, 0.3) is 5.91 Å². The Balaban J connectivity index is 1.45. The minimum absolute atomic E-state index is 0.136. The molecule has 3 aromatic carbocycles. The number of benzene rings is 3. The van der Waals surface area contributed by atoms with Crippen molar-refractivity contribution in [1.82, 2.24) is 0 Å². The first kappa shape index (κ1) is 16.8. The molecule has 7 heteroatoms. The minimum Gasteiger partial charge on any atom is -0.454 e. The summed E-state index contributed by atoms with van der Waals surface area (Å²) in [4.78, 5) is 12.4. The molecule has 0 fully saturated rings. The van der Waals surface area contributed by atoms with Crippen molar-refractivity contribution < 1.29 is 23.0 Å². The predicted molar refractivity (Wildman–Crippen MR) is 96.6 cm³/mol. The summed E-state index contributed by atoms with van der Waals surface area (Å²) in [5.74, 6) is -0.559. The zero-order valence-electron chi connectivity index (χ0n) is 14.0. The van der Waals surface area contributed by atoms with Gasteiger partial charge in [0.1, 0.15) is 17.3 Å². The molecule has 0 aromatic heterocycles. The molecule has 5 nitrogen and oxygen atoms in total. The van der Waals surface area contributed by atoms with Crippen molar-refractivity contribution in [3.8, 4) is 11.5 Å². The lowest BCUT2D eigenvalue weighted by atomic mass is 10.2. The molecule has 1 aliphatic heterocycles. The third-order valence-corrected chi connectivity index (χ3v) is 4.01. The fourth-order valence-electron chi connectivity index (χ4n) is 2.64. The van der Waals surface area contributed by atoms with Gasteiger partial charge in [0.05, 0.1) is 0 Å². The minimum atomic E-state index is -0.685. The highest BCUT2D eigenvalue weighted by Gasteiger charge is 2.16. The fraction of sp³-hybridized carbons (Fsp3) is 0.0500. The molecule has 0 unspecified atom stereocenters. The summed E-state index contributed by atoms with van der Waals surface area (Å²) >= 11 is 0. The van der Waals surface area contributed by atoms with Gasteiger partial charge in [-0.15, -0.1) is 0 Å². The molecular weight excluding hydrogens is 354 g/mol. The van der Waals surface area contributed by atoms with Crippen LogP contribution < -0.4 is 20.1 Å². The van der Waals surface area contributed by atoms with E-state index in [1.807, 2.05) is 0 Å². The van der Waals surface area contributed by atoms with Crippen LogP contribution in [-0.4, -0.2) is 12.7 Å². The van der Waals surface area contributed by atoms with E-state index in [0.29, 0.717) is 28.4 Å². The van der Waals surface area contributed by atoms with Crippen molar-refractivity contribution in [2.24, 2.45) is 0 Å². The zero-order chi connectivity index (χ0) is 18.8. The number of hydrogen-bond donors (Lipinski definition) is 2. The molecule has 0 saturated heterocycles. The van der Waals surface area contributed by atoms with Gasteiger partial charge < -0.3 is 20.1 Å². The number of carbonyl (C=O) groups is 1. The standard InChI is InChI=1S/C20H14F2N2O3/c21-15-2-1-3-16(22)19(15)23-13-5-7-14(8-6-13)24-20(25)12-4-9-17-18(10-12)27-11-26-17/h1-10,23H,11H2,(H,24,25). The Morgan fingerprint density at radius 2 is 1.52 bits per heavy atom. The molecule has 1 heterocycles. The third-order valence-electron chi connectivity index (χ3n) is 4.01. The molecule has 0 atom stereocenters. The lowest BCUT2D eigenvalue weighted by molar-refractivity contribution is 0.102.